The molecule has 5 nitrogen and oxygen atoms in total. The first-order chi connectivity index (χ1) is 7.27. The molecule has 1 atom stereocenters. The normalized spacial score (nSPS) is 13.0. The average molecular weight is 222 g/mol. The van der Waals surface area contributed by atoms with Crippen LogP contribution >= 0.6 is 0 Å². The van der Waals surface area contributed by atoms with Crippen molar-refractivity contribution in [2.45, 2.75) is 13.0 Å². The van der Waals surface area contributed by atoms with Crippen molar-refractivity contribution in [3.63, 3.8) is 0 Å². The molecule has 0 fully saturated rings. The van der Waals surface area contributed by atoms with Gasteiger partial charge in [0.05, 0.1) is 52.4 Å². The highest BCUT2D eigenvalue weighted by Crippen LogP contribution is 1.84. The molecule has 0 saturated heterocycles. The van der Waals surface area contributed by atoms with E-state index in [0.29, 0.717) is 46.2 Å². The minimum Gasteiger partial charge on any atom is -0.391 e. The fourth-order valence-electron chi connectivity index (χ4n) is 0.836. The standard InChI is InChI=1S/C10H22O5/c1-10(11)9-15-8-7-14-6-5-13-4-3-12-2/h10-11H,3-9H2,1-2H3. The van der Waals surface area contributed by atoms with Crippen molar-refractivity contribution < 1.29 is 24.1 Å². The van der Waals surface area contributed by atoms with Crippen LogP contribution in [-0.2, 0) is 18.9 Å². The lowest BCUT2D eigenvalue weighted by molar-refractivity contribution is -0.0112. The van der Waals surface area contributed by atoms with Gasteiger partial charge in [-0.1, -0.05) is 0 Å². The predicted molar refractivity (Wildman–Crippen MR) is 56.0 cm³/mol. The van der Waals surface area contributed by atoms with Crippen molar-refractivity contribution in [2.24, 2.45) is 0 Å². The van der Waals surface area contributed by atoms with Crippen LogP contribution in [0.25, 0.3) is 0 Å². The summed E-state index contributed by atoms with van der Waals surface area (Å²) < 4.78 is 20.3. The number of rotatable bonds is 11. The zero-order chi connectivity index (χ0) is 11.4. The first-order valence-corrected chi connectivity index (χ1v) is 5.17. The molecule has 0 spiro atoms. The van der Waals surface area contributed by atoms with Crippen molar-refractivity contribution in [3.8, 4) is 0 Å². The Kier molecular flexibility index (Phi) is 11.7. The quantitative estimate of drug-likeness (QED) is 0.501. The maximum atomic E-state index is 8.88. The van der Waals surface area contributed by atoms with Gasteiger partial charge in [-0.15, -0.1) is 0 Å². The fourth-order valence-corrected chi connectivity index (χ4v) is 0.836. The summed E-state index contributed by atoms with van der Waals surface area (Å²) in [5.41, 5.74) is 0. The van der Waals surface area contributed by atoms with Crippen molar-refractivity contribution >= 4 is 0 Å². The van der Waals surface area contributed by atoms with E-state index in [1.165, 1.54) is 0 Å². The van der Waals surface area contributed by atoms with Gasteiger partial charge < -0.3 is 24.1 Å². The number of aliphatic hydroxyl groups is 1. The predicted octanol–water partition coefficient (Wildman–Crippen LogP) is 0.0634. The first kappa shape index (κ1) is 14.8. The number of methoxy groups -OCH3 is 1. The van der Waals surface area contributed by atoms with Crippen LogP contribution < -0.4 is 0 Å². The molecule has 1 N–H and O–H groups in total. The summed E-state index contributed by atoms with van der Waals surface area (Å²) in [6.07, 6.45) is -0.414. The van der Waals surface area contributed by atoms with E-state index in [1.54, 1.807) is 14.0 Å². The van der Waals surface area contributed by atoms with Crippen LogP contribution in [0, 0.1) is 0 Å². The van der Waals surface area contributed by atoms with Gasteiger partial charge in [-0.2, -0.15) is 0 Å². The average Bonchev–Trinajstić information content (AvgIpc) is 2.20. The molecule has 0 rings (SSSR count). The molecular weight excluding hydrogens is 200 g/mol. The molecule has 5 heteroatoms. The Balaban J connectivity index is 2.87. The summed E-state index contributed by atoms with van der Waals surface area (Å²) in [7, 11) is 1.64. The van der Waals surface area contributed by atoms with Gasteiger partial charge in [0.1, 0.15) is 0 Å². The van der Waals surface area contributed by atoms with Gasteiger partial charge >= 0.3 is 0 Å². The van der Waals surface area contributed by atoms with Gasteiger partial charge in [-0.25, -0.2) is 0 Å². The van der Waals surface area contributed by atoms with Crippen molar-refractivity contribution in [2.75, 3.05) is 53.4 Å². The summed E-state index contributed by atoms with van der Waals surface area (Å²) in [5.74, 6) is 0. The molecule has 15 heavy (non-hydrogen) atoms. The third-order valence-corrected chi connectivity index (χ3v) is 1.53. The van der Waals surface area contributed by atoms with Crippen molar-refractivity contribution in [3.05, 3.63) is 0 Å². The molecule has 92 valence electrons. The zero-order valence-electron chi connectivity index (χ0n) is 9.61. The lowest BCUT2D eigenvalue weighted by atomic mass is 10.4. The van der Waals surface area contributed by atoms with Crippen LogP contribution in [0.5, 0.6) is 0 Å². The Morgan fingerprint density at radius 1 is 0.867 bits per heavy atom. The second kappa shape index (κ2) is 11.9. The molecular formula is C10H22O5. The van der Waals surface area contributed by atoms with Gasteiger partial charge in [0.25, 0.3) is 0 Å². The van der Waals surface area contributed by atoms with E-state index in [2.05, 4.69) is 0 Å². The summed E-state index contributed by atoms with van der Waals surface area (Å²) in [4.78, 5) is 0. The molecule has 0 bridgehead atoms. The lowest BCUT2D eigenvalue weighted by Crippen LogP contribution is -2.15. The summed E-state index contributed by atoms with van der Waals surface area (Å²) in [6.45, 7) is 5.40. The van der Waals surface area contributed by atoms with Crippen molar-refractivity contribution in [1.29, 1.82) is 0 Å². The molecule has 0 heterocycles. The lowest BCUT2D eigenvalue weighted by Gasteiger charge is -2.07. The minimum atomic E-state index is -0.414. The molecule has 1 unspecified atom stereocenters. The number of hydrogen-bond acceptors (Lipinski definition) is 5. The smallest absolute Gasteiger partial charge is 0.0745 e. The maximum absolute atomic E-state index is 8.88. The van der Waals surface area contributed by atoms with Crippen LogP contribution in [0.2, 0.25) is 0 Å². The van der Waals surface area contributed by atoms with E-state index in [1.807, 2.05) is 0 Å². The number of hydrogen-bond donors (Lipinski definition) is 1. The molecule has 0 aliphatic carbocycles. The second-order valence-corrected chi connectivity index (χ2v) is 3.14. The third kappa shape index (κ3) is 13.8. The van der Waals surface area contributed by atoms with E-state index in [0.717, 1.165) is 0 Å². The van der Waals surface area contributed by atoms with Crippen molar-refractivity contribution in [1.82, 2.24) is 0 Å². The largest absolute Gasteiger partial charge is 0.391 e. The summed E-state index contributed by atoms with van der Waals surface area (Å²) >= 11 is 0. The summed E-state index contributed by atoms with van der Waals surface area (Å²) in [6, 6.07) is 0. The maximum Gasteiger partial charge on any atom is 0.0745 e. The molecule has 0 amide bonds. The SMILES string of the molecule is COCCOCCOCCOCC(C)O. The summed E-state index contributed by atoms with van der Waals surface area (Å²) in [5, 5.41) is 8.88. The topological polar surface area (TPSA) is 57.2 Å². The van der Waals surface area contributed by atoms with E-state index in [9.17, 15) is 0 Å². The Labute approximate surface area is 91.3 Å². The molecule has 0 aromatic rings. The van der Waals surface area contributed by atoms with Gasteiger partial charge in [-0.05, 0) is 6.92 Å². The van der Waals surface area contributed by atoms with E-state index in [-0.39, 0.29) is 0 Å². The minimum absolute atomic E-state index is 0.355. The molecule has 0 aromatic carbocycles. The number of aliphatic hydroxyl groups excluding tert-OH is 1. The first-order valence-electron chi connectivity index (χ1n) is 5.17. The van der Waals surface area contributed by atoms with Crippen LogP contribution in [0.15, 0.2) is 0 Å². The van der Waals surface area contributed by atoms with Gasteiger partial charge in [0.15, 0.2) is 0 Å². The zero-order valence-corrected chi connectivity index (χ0v) is 9.61. The Hall–Kier alpha value is -0.200. The Morgan fingerprint density at radius 3 is 1.80 bits per heavy atom. The molecule has 0 aliphatic rings. The molecule has 0 radical (unpaired) electrons. The molecule has 0 aliphatic heterocycles. The third-order valence-electron chi connectivity index (χ3n) is 1.53. The van der Waals surface area contributed by atoms with E-state index < -0.39 is 6.10 Å². The van der Waals surface area contributed by atoms with Gasteiger partial charge in [0.2, 0.25) is 0 Å². The van der Waals surface area contributed by atoms with Gasteiger partial charge in [-0.3, -0.25) is 0 Å². The Morgan fingerprint density at radius 2 is 1.33 bits per heavy atom. The monoisotopic (exact) mass is 222 g/mol. The molecule has 0 saturated carbocycles. The second-order valence-electron chi connectivity index (χ2n) is 3.14. The van der Waals surface area contributed by atoms with Crippen LogP contribution in [0.1, 0.15) is 6.92 Å². The highest BCUT2D eigenvalue weighted by atomic mass is 16.6. The molecule has 0 aromatic heterocycles. The van der Waals surface area contributed by atoms with E-state index in [4.69, 9.17) is 24.1 Å². The van der Waals surface area contributed by atoms with Crippen LogP contribution in [-0.4, -0.2) is 64.6 Å². The number of ether oxygens (including phenoxy) is 4. The highest BCUT2D eigenvalue weighted by Gasteiger charge is 1.95. The van der Waals surface area contributed by atoms with Crippen LogP contribution in [0.3, 0.4) is 0 Å². The highest BCUT2D eigenvalue weighted by molar-refractivity contribution is 4.41. The van der Waals surface area contributed by atoms with Crippen LogP contribution in [0.4, 0.5) is 0 Å². The fraction of sp³-hybridized carbons (Fsp3) is 1.00. The Bertz CT molecular complexity index is 118. The van der Waals surface area contributed by atoms with E-state index >= 15 is 0 Å². The van der Waals surface area contributed by atoms with Gasteiger partial charge in [0, 0.05) is 7.11 Å².